The molecule has 3 N–H and O–H groups in total. The van der Waals surface area contributed by atoms with Crippen molar-refractivity contribution in [2.45, 2.75) is 26.4 Å². The van der Waals surface area contributed by atoms with E-state index in [-0.39, 0.29) is 38.7 Å². The van der Waals surface area contributed by atoms with Crippen LogP contribution in [0.2, 0.25) is 0 Å². The van der Waals surface area contributed by atoms with Crippen LogP contribution in [0.1, 0.15) is 24.2 Å². The summed E-state index contributed by atoms with van der Waals surface area (Å²) in [5, 5.41) is 14.2. The van der Waals surface area contributed by atoms with Gasteiger partial charge in [-0.05, 0) is 19.9 Å². The van der Waals surface area contributed by atoms with Crippen molar-refractivity contribution in [3.63, 3.8) is 0 Å². The molecular formula is C20H25N3O7. The van der Waals surface area contributed by atoms with Crippen molar-refractivity contribution in [2.75, 3.05) is 33.2 Å². The normalized spacial score (nSPS) is 13.3. The first-order valence-electron chi connectivity index (χ1n) is 9.70. The maximum Gasteiger partial charge on any atom is 0.257 e. The number of pyridine rings is 1. The average molecular weight is 419 g/mol. The van der Waals surface area contributed by atoms with Crippen molar-refractivity contribution in [2.24, 2.45) is 0 Å². The van der Waals surface area contributed by atoms with Gasteiger partial charge in [0.05, 0.1) is 30.7 Å². The third kappa shape index (κ3) is 4.55. The highest BCUT2D eigenvalue weighted by atomic mass is 16.7. The maximum absolute atomic E-state index is 13.0. The Balaban J connectivity index is 1.76. The summed E-state index contributed by atoms with van der Waals surface area (Å²) in [6, 6.07) is 2.45. The molecule has 1 aromatic heterocycles. The Morgan fingerprint density at radius 1 is 1.27 bits per heavy atom. The SMILES string of the molecule is CCn1cc(C(=O)N[C@@H](C)C(=O)NCCOCCO)c(=O)c2cc3c(cc21)OCO3. The van der Waals surface area contributed by atoms with Crippen molar-refractivity contribution in [1.29, 1.82) is 0 Å². The number of nitrogens with one attached hydrogen (secondary N) is 2. The van der Waals surface area contributed by atoms with Crippen LogP contribution in [0.25, 0.3) is 10.9 Å². The average Bonchev–Trinajstić information content (AvgIpc) is 3.20. The summed E-state index contributed by atoms with van der Waals surface area (Å²) in [5.74, 6) is -0.0394. The fourth-order valence-electron chi connectivity index (χ4n) is 3.11. The van der Waals surface area contributed by atoms with Crippen LogP contribution in [0.4, 0.5) is 0 Å². The minimum atomic E-state index is -0.850. The number of nitrogens with zero attached hydrogens (tertiary/aromatic N) is 1. The smallest absolute Gasteiger partial charge is 0.257 e. The van der Waals surface area contributed by atoms with Gasteiger partial charge in [-0.1, -0.05) is 0 Å². The first-order chi connectivity index (χ1) is 14.5. The summed E-state index contributed by atoms with van der Waals surface area (Å²) < 4.78 is 17.6. The monoisotopic (exact) mass is 419 g/mol. The number of aliphatic hydroxyl groups is 1. The zero-order valence-electron chi connectivity index (χ0n) is 16.9. The molecule has 1 aliphatic rings. The molecule has 1 atom stereocenters. The van der Waals surface area contributed by atoms with Gasteiger partial charge < -0.3 is 34.5 Å². The number of hydrogen-bond acceptors (Lipinski definition) is 7. The van der Waals surface area contributed by atoms with E-state index in [1.54, 1.807) is 16.7 Å². The van der Waals surface area contributed by atoms with E-state index in [1.165, 1.54) is 13.1 Å². The molecule has 2 amide bonds. The molecule has 0 spiro atoms. The Hall–Kier alpha value is -3.11. The Bertz CT molecular complexity index is 1000. The molecule has 0 unspecified atom stereocenters. The third-order valence-electron chi connectivity index (χ3n) is 4.68. The third-order valence-corrected chi connectivity index (χ3v) is 4.68. The van der Waals surface area contributed by atoms with E-state index < -0.39 is 23.3 Å². The van der Waals surface area contributed by atoms with Crippen LogP contribution in [-0.2, 0) is 16.1 Å². The number of carbonyl (C=O) groups excluding carboxylic acids is 2. The molecule has 0 radical (unpaired) electrons. The zero-order valence-corrected chi connectivity index (χ0v) is 16.9. The van der Waals surface area contributed by atoms with Gasteiger partial charge in [0.25, 0.3) is 5.91 Å². The number of carbonyl (C=O) groups is 2. The summed E-state index contributed by atoms with van der Waals surface area (Å²) in [4.78, 5) is 37.8. The largest absolute Gasteiger partial charge is 0.454 e. The van der Waals surface area contributed by atoms with Crippen LogP contribution in [0.3, 0.4) is 0 Å². The van der Waals surface area contributed by atoms with Crippen LogP contribution in [0.15, 0.2) is 23.1 Å². The van der Waals surface area contributed by atoms with Crippen molar-refractivity contribution in [3.05, 3.63) is 34.1 Å². The lowest BCUT2D eigenvalue weighted by atomic mass is 10.1. The molecule has 30 heavy (non-hydrogen) atoms. The fraction of sp³-hybridized carbons (Fsp3) is 0.450. The molecule has 10 heteroatoms. The first-order valence-corrected chi connectivity index (χ1v) is 9.70. The highest BCUT2D eigenvalue weighted by molar-refractivity contribution is 6.00. The van der Waals surface area contributed by atoms with E-state index in [2.05, 4.69) is 10.6 Å². The van der Waals surface area contributed by atoms with E-state index in [9.17, 15) is 14.4 Å². The quantitative estimate of drug-likeness (QED) is 0.488. The molecule has 3 rings (SSSR count). The van der Waals surface area contributed by atoms with Gasteiger partial charge in [-0.15, -0.1) is 0 Å². The highest BCUT2D eigenvalue weighted by Gasteiger charge is 2.22. The zero-order chi connectivity index (χ0) is 21.7. The van der Waals surface area contributed by atoms with Gasteiger partial charge in [-0.25, -0.2) is 0 Å². The first kappa shape index (κ1) is 21.6. The summed E-state index contributed by atoms with van der Waals surface area (Å²) in [6.45, 7) is 4.61. The van der Waals surface area contributed by atoms with E-state index in [0.29, 0.717) is 28.9 Å². The van der Waals surface area contributed by atoms with Gasteiger partial charge >= 0.3 is 0 Å². The lowest BCUT2D eigenvalue weighted by Gasteiger charge is -2.16. The van der Waals surface area contributed by atoms with Crippen LogP contribution >= 0.6 is 0 Å². The number of amides is 2. The number of rotatable bonds is 9. The summed E-state index contributed by atoms with van der Waals surface area (Å²) in [6.07, 6.45) is 1.48. The van der Waals surface area contributed by atoms with Gasteiger partial charge in [-0.3, -0.25) is 14.4 Å². The minimum absolute atomic E-state index is 0.0610. The number of aromatic nitrogens is 1. The van der Waals surface area contributed by atoms with Crippen LogP contribution < -0.4 is 25.5 Å². The van der Waals surface area contributed by atoms with Crippen LogP contribution in [-0.4, -0.2) is 60.7 Å². The lowest BCUT2D eigenvalue weighted by molar-refractivity contribution is -0.122. The predicted molar refractivity (Wildman–Crippen MR) is 108 cm³/mol. The molecule has 0 saturated heterocycles. The minimum Gasteiger partial charge on any atom is -0.454 e. The molecule has 10 nitrogen and oxygen atoms in total. The van der Waals surface area contributed by atoms with Gasteiger partial charge in [0.1, 0.15) is 11.6 Å². The summed E-state index contributed by atoms with van der Waals surface area (Å²) in [5.41, 5.74) is 0.127. The van der Waals surface area contributed by atoms with Gasteiger partial charge in [0, 0.05) is 25.4 Å². The van der Waals surface area contributed by atoms with E-state index in [1.807, 2.05) is 6.92 Å². The van der Waals surface area contributed by atoms with E-state index >= 15 is 0 Å². The van der Waals surface area contributed by atoms with Crippen LogP contribution in [0.5, 0.6) is 11.5 Å². The predicted octanol–water partition coefficient (Wildman–Crippen LogP) is -0.00650. The number of benzene rings is 1. The number of hydrogen-bond donors (Lipinski definition) is 3. The van der Waals surface area contributed by atoms with Crippen molar-refractivity contribution >= 4 is 22.7 Å². The fourth-order valence-corrected chi connectivity index (χ4v) is 3.11. The molecular weight excluding hydrogens is 394 g/mol. The number of aliphatic hydroxyl groups excluding tert-OH is 1. The topological polar surface area (TPSA) is 128 Å². The number of fused-ring (bicyclic) bond motifs is 2. The van der Waals surface area contributed by atoms with E-state index in [4.69, 9.17) is 19.3 Å². The molecule has 0 aliphatic carbocycles. The van der Waals surface area contributed by atoms with E-state index in [0.717, 1.165) is 0 Å². The molecule has 1 aliphatic heterocycles. The second-order valence-corrected chi connectivity index (χ2v) is 6.70. The Morgan fingerprint density at radius 3 is 2.70 bits per heavy atom. The molecule has 2 aromatic rings. The molecule has 0 fully saturated rings. The number of aryl methyl sites for hydroxylation is 1. The summed E-state index contributed by atoms with van der Waals surface area (Å²) in [7, 11) is 0. The van der Waals surface area contributed by atoms with Crippen molar-refractivity contribution < 1.29 is 28.9 Å². The highest BCUT2D eigenvalue weighted by Crippen LogP contribution is 2.35. The molecule has 2 heterocycles. The molecule has 0 saturated carbocycles. The Kier molecular flexibility index (Phi) is 6.91. The van der Waals surface area contributed by atoms with Crippen molar-refractivity contribution in [1.82, 2.24) is 15.2 Å². The van der Waals surface area contributed by atoms with Gasteiger partial charge in [0.2, 0.25) is 18.1 Å². The molecule has 0 bridgehead atoms. The van der Waals surface area contributed by atoms with Gasteiger partial charge in [-0.2, -0.15) is 0 Å². The molecule has 162 valence electrons. The van der Waals surface area contributed by atoms with Gasteiger partial charge in [0.15, 0.2) is 11.5 Å². The number of ether oxygens (including phenoxy) is 3. The maximum atomic E-state index is 13.0. The molecule has 1 aromatic carbocycles. The summed E-state index contributed by atoms with van der Waals surface area (Å²) >= 11 is 0. The van der Waals surface area contributed by atoms with Crippen LogP contribution in [0, 0.1) is 0 Å². The second-order valence-electron chi connectivity index (χ2n) is 6.70. The standard InChI is InChI=1S/C20H25N3O7/c1-3-23-10-14(18(25)13-8-16-17(9-15(13)23)30-11-29-16)20(27)22-12(2)19(26)21-4-6-28-7-5-24/h8-10,12,24H,3-7,11H2,1-2H3,(H,21,26)(H,22,27)/t12-/m0/s1. The Morgan fingerprint density at radius 2 is 2.00 bits per heavy atom. The lowest BCUT2D eigenvalue weighted by Crippen LogP contribution is -2.46. The van der Waals surface area contributed by atoms with Crippen molar-refractivity contribution in [3.8, 4) is 11.5 Å². The second kappa shape index (κ2) is 9.59. The Labute approximate surface area is 172 Å².